The smallest absolute Gasteiger partial charge is 0.382 e. The molecule has 0 aromatic carbocycles. The van der Waals surface area contributed by atoms with Crippen molar-refractivity contribution in [2.45, 2.75) is 62.9 Å². The molecule has 3 heterocycles. The van der Waals surface area contributed by atoms with Gasteiger partial charge in [-0.3, -0.25) is 0 Å². The topological polar surface area (TPSA) is 115 Å². The Morgan fingerprint density at radius 1 is 1.16 bits per heavy atom. The van der Waals surface area contributed by atoms with Crippen LogP contribution in [0.3, 0.4) is 0 Å². The average Bonchev–Trinajstić information content (AvgIpc) is 2.92. The molecule has 1 atom stereocenters. The van der Waals surface area contributed by atoms with Gasteiger partial charge in [0.15, 0.2) is 6.10 Å². The number of aliphatic hydroxyl groups excluding tert-OH is 1. The highest BCUT2D eigenvalue weighted by atomic mass is 35.5. The highest BCUT2D eigenvalue weighted by Crippen LogP contribution is 2.32. The molecule has 4 rings (SSSR count). The van der Waals surface area contributed by atoms with Gasteiger partial charge in [0.25, 0.3) is 0 Å². The molecule has 1 saturated heterocycles. The molecular formula is C26H32ClF3N6O2. The molecular weight excluding hydrogens is 521 g/mol. The van der Waals surface area contributed by atoms with Gasteiger partial charge in [-0.05, 0) is 56.7 Å². The number of halogens is 4. The summed E-state index contributed by atoms with van der Waals surface area (Å²) >= 11 is 6.46. The summed E-state index contributed by atoms with van der Waals surface area (Å²) in [6.45, 7) is 1.13. The highest BCUT2D eigenvalue weighted by molar-refractivity contribution is 6.33. The zero-order chi connectivity index (χ0) is 27.2. The van der Waals surface area contributed by atoms with E-state index in [2.05, 4.69) is 27.0 Å². The number of aromatic nitrogens is 2. The maximum atomic E-state index is 12.5. The molecule has 0 amide bonds. The van der Waals surface area contributed by atoms with Gasteiger partial charge in [0, 0.05) is 50.1 Å². The molecule has 8 nitrogen and oxygen atoms in total. The monoisotopic (exact) mass is 552 g/mol. The van der Waals surface area contributed by atoms with E-state index in [1.165, 1.54) is 0 Å². The first-order valence-corrected chi connectivity index (χ1v) is 13.2. The van der Waals surface area contributed by atoms with Crippen LogP contribution in [0.1, 0.15) is 38.5 Å². The lowest BCUT2D eigenvalue weighted by atomic mass is 9.82. The summed E-state index contributed by atoms with van der Waals surface area (Å²) in [7, 11) is 0. The van der Waals surface area contributed by atoms with E-state index in [1.807, 2.05) is 24.3 Å². The van der Waals surface area contributed by atoms with Crippen molar-refractivity contribution in [2.75, 3.05) is 36.9 Å². The third-order valence-corrected chi connectivity index (χ3v) is 7.53. The van der Waals surface area contributed by atoms with E-state index in [-0.39, 0.29) is 12.1 Å². The zero-order valence-corrected chi connectivity index (χ0v) is 21.7. The van der Waals surface area contributed by atoms with Gasteiger partial charge >= 0.3 is 6.18 Å². The van der Waals surface area contributed by atoms with Crippen molar-refractivity contribution in [1.82, 2.24) is 15.3 Å². The van der Waals surface area contributed by atoms with Gasteiger partial charge in [-0.25, -0.2) is 9.97 Å². The predicted octanol–water partition coefficient (Wildman–Crippen LogP) is 4.77. The van der Waals surface area contributed by atoms with Crippen LogP contribution in [-0.4, -0.2) is 65.7 Å². The van der Waals surface area contributed by atoms with Gasteiger partial charge in [-0.2, -0.15) is 18.4 Å². The van der Waals surface area contributed by atoms with Crippen LogP contribution in [0.4, 0.5) is 24.8 Å². The minimum Gasteiger partial charge on any atom is -0.382 e. The first kappa shape index (κ1) is 28.4. The van der Waals surface area contributed by atoms with Crippen LogP contribution in [0.25, 0.3) is 11.3 Å². The fourth-order valence-corrected chi connectivity index (χ4v) is 4.99. The van der Waals surface area contributed by atoms with Crippen LogP contribution >= 0.6 is 11.6 Å². The molecule has 206 valence electrons. The second kappa shape index (κ2) is 12.5. The van der Waals surface area contributed by atoms with E-state index in [1.54, 1.807) is 6.20 Å². The molecule has 38 heavy (non-hydrogen) atoms. The minimum absolute atomic E-state index is 0.0699. The molecule has 2 aliphatic rings. The Kier molecular flexibility index (Phi) is 9.31. The molecule has 2 aromatic rings. The lowest BCUT2D eigenvalue weighted by molar-refractivity contribution is -0.202. The predicted molar refractivity (Wildman–Crippen MR) is 139 cm³/mol. The number of nitrogens with one attached hydrogen (secondary N) is 3. The molecule has 0 spiro atoms. The van der Waals surface area contributed by atoms with Crippen molar-refractivity contribution >= 4 is 23.2 Å². The van der Waals surface area contributed by atoms with Crippen molar-refractivity contribution in [2.24, 2.45) is 5.41 Å². The number of aliphatic hydroxyl groups is 1. The van der Waals surface area contributed by atoms with E-state index in [0.29, 0.717) is 73.4 Å². The van der Waals surface area contributed by atoms with Crippen molar-refractivity contribution in [3.63, 3.8) is 0 Å². The second-order valence-corrected chi connectivity index (χ2v) is 10.4. The number of nitriles is 1. The molecule has 2 fully saturated rings. The normalized spacial score (nSPS) is 22.3. The van der Waals surface area contributed by atoms with E-state index < -0.39 is 24.2 Å². The molecule has 0 radical (unpaired) electrons. The fraction of sp³-hybridized carbons (Fsp3) is 0.577. The number of ether oxygens (including phenoxy) is 1. The Bertz CT molecular complexity index is 1110. The number of rotatable bonds is 9. The Balaban J connectivity index is 1.34. The van der Waals surface area contributed by atoms with E-state index in [9.17, 15) is 23.5 Å². The second-order valence-electron chi connectivity index (χ2n) is 9.97. The molecule has 1 saturated carbocycles. The molecule has 0 unspecified atom stereocenters. The summed E-state index contributed by atoms with van der Waals surface area (Å²) in [4.78, 5) is 9.10. The lowest BCUT2D eigenvalue weighted by Gasteiger charge is -2.31. The number of hydrogen-bond acceptors (Lipinski definition) is 8. The summed E-state index contributed by atoms with van der Waals surface area (Å²) in [6.07, 6.45) is -1.17. The first-order valence-electron chi connectivity index (χ1n) is 12.8. The number of anilines is 2. The summed E-state index contributed by atoms with van der Waals surface area (Å²) < 4.78 is 43.0. The first-order chi connectivity index (χ1) is 18.2. The van der Waals surface area contributed by atoms with E-state index >= 15 is 0 Å². The maximum Gasteiger partial charge on any atom is 0.415 e. The van der Waals surface area contributed by atoms with Gasteiger partial charge in [0.05, 0.1) is 22.2 Å². The minimum atomic E-state index is -4.61. The van der Waals surface area contributed by atoms with E-state index in [4.69, 9.17) is 21.3 Å². The van der Waals surface area contributed by atoms with Gasteiger partial charge in [-0.15, -0.1) is 0 Å². The van der Waals surface area contributed by atoms with Crippen molar-refractivity contribution in [1.29, 1.82) is 5.26 Å². The van der Waals surface area contributed by atoms with Crippen molar-refractivity contribution < 1.29 is 23.0 Å². The van der Waals surface area contributed by atoms with E-state index in [0.717, 1.165) is 12.8 Å². The maximum absolute atomic E-state index is 12.5. The number of pyridine rings is 2. The quantitative estimate of drug-likeness (QED) is 0.352. The van der Waals surface area contributed by atoms with Crippen LogP contribution in [-0.2, 0) is 4.74 Å². The molecule has 2 aromatic heterocycles. The summed E-state index contributed by atoms with van der Waals surface area (Å²) in [5.74, 6) is 1.28. The average molecular weight is 553 g/mol. The molecule has 12 heteroatoms. The number of hydrogen-bond donors (Lipinski definition) is 4. The zero-order valence-electron chi connectivity index (χ0n) is 20.9. The van der Waals surface area contributed by atoms with Crippen LogP contribution in [0, 0.1) is 16.7 Å². The Morgan fingerprint density at radius 3 is 2.55 bits per heavy atom. The Morgan fingerprint density at radius 2 is 1.87 bits per heavy atom. The van der Waals surface area contributed by atoms with Crippen LogP contribution in [0.2, 0.25) is 5.02 Å². The third kappa shape index (κ3) is 7.47. The van der Waals surface area contributed by atoms with Crippen molar-refractivity contribution in [3.05, 3.63) is 35.5 Å². The molecule has 1 aliphatic carbocycles. The Labute approximate surface area is 225 Å². The van der Waals surface area contributed by atoms with Gasteiger partial charge in [0.1, 0.15) is 11.6 Å². The molecule has 1 aliphatic heterocycles. The fourth-order valence-electron chi connectivity index (χ4n) is 4.79. The summed E-state index contributed by atoms with van der Waals surface area (Å²) in [5, 5.41) is 28.9. The SMILES string of the molecule is N#CC1(CNc2cccc(-c3cc(NC4CCC(NC[C@@H](O)C(F)(F)F)CC4)ncc3Cl)n2)CCOCC1. The van der Waals surface area contributed by atoms with Gasteiger partial charge in [0.2, 0.25) is 0 Å². The lowest BCUT2D eigenvalue weighted by Crippen LogP contribution is -2.44. The van der Waals surface area contributed by atoms with Crippen LogP contribution < -0.4 is 16.0 Å². The van der Waals surface area contributed by atoms with Gasteiger partial charge < -0.3 is 25.8 Å². The highest BCUT2D eigenvalue weighted by Gasteiger charge is 2.38. The third-order valence-electron chi connectivity index (χ3n) is 7.23. The summed E-state index contributed by atoms with van der Waals surface area (Å²) in [5.41, 5.74) is 0.901. The van der Waals surface area contributed by atoms with Crippen LogP contribution in [0.15, 0.2) is 30.5 Å². The van der Waals surface area contributed by atoms with Crippen LogP contribution in [0.5, 0.6) is 0 Å². The number of nitrogens with zero attached hydrogens (tertiary/aromatic N) is 3. The summed E-state index contributed by atoms with van der Waals surface area (Å²) in [6, 6.07) is 9.91. The number of alkyl halides is 3. The Hall–Kier alpha value is -2.65. The molecule has 4 N–H and O–H groups in total. The standard InChI is InChI=1S/C26H32ClF3N6O2/c27-20-13-33-24(35-18-6-4-17(5-7-18)32-14-22(37)26(28,29)30)12-19(20)21-2-1-3-23(36-21)34-16-25(15-31)8-10-38-11-9-25/h1-3,12-13,17-18,22,32,37H,4-11,14,16H2,(H,33,35)(H,34,36)/t17?,18?,22-/m1/s1. The van der Waals surface area contributed by atoms with Gasteiger partial charge in [-0.1, -0.05) is 17.7 Å². The molecule has 0 bridgehead atoms. The largest absolute Gasteiger partial charge is 0.415 e. The van der Waals surface area contributed by atoms with Crippen molar-refractivity contribution in [3.8, 4) is 17.3 Å².